The van der Waals surface area contributed by atoms with Crippen LogP contribution in [0.4, 0.5) is 0 Å². The highest BCUT2D eigenvalue weighted by molar-refractivity contribution is 6.13. The molecule has 0 saturated carbocycles. The van der Waals surface area contributed by atoms with Crippen LogP contribution in [0.1, 0.15) is 64.7 Å². The maximum Gasteiger partial charge on any atom is 0.341 e. The van der Waals surface area contributed by atoms with Crippen LogP contribution < -0.4 is 5.73 Å². The molecule has 0 aliphatic rings. The fourth-order valence-electron chi connectivity index (χ4n) is 1.67. The van der Waals surface area contributed by atoms with Gasteiger partial charge in [0.05, 0.1) is 0 Å². The third kappa shape index (κ3) is 8.98. The zero-order valence-corrected chi connectivity index (χ0v) is 11.0. The van der Waals surface area contributed by atoms with Crippen LogP contribution in [0.15, 0.2) is 0 Å². The summed E-state index contributed by atoms with van der Waals surface area (Å²) < 4.78 is 4.04. The summed E-state index contributed by atoms with van der Waals surface area (Å²) in [5.41, 5.74) is 5.55. The predicted octanol–water partition coefficient (Wildman–Crippen LogP) is 3.54. The molecule has 1 atom stereocenters. The van der Waals surface area contributed by atoms with Gasteiger partial charge in [-0.2, -0.15) is 0 Å². The summed E-state index contributed by atoms with van der Waals surface area (Å²) in [6.45, 7) is 2.22. The molecule has 0 aliphatic heterocycles. The zero-order chi connectivity index (χ0) is 12.2. The molecule has 0 amide bonds. The second-order valence-corrected chi connectivity index (χ2v) is 4.42. The summed E-state index contributed by atoms with van der Waals surface area (Å²) in [5.74, 6) is -0.524. The fraction of sp³-hybridized carbons (Fsp3) is 0.917. The standard InChI is InChI=1S/C12H24ClNO2/c1-2-3-4-5-6-7-8-9-10-11(14)12(15)16-13/h11H,2-10,14H2,1H3. The molecule has 0 aromatic carbocycles. The molecule has 0 aromatic rings. The average Bonchev–Trinajstić information content (AvgIpc) is 2.31. The highest BCUT2D eigenvalue weighted by Gasteiger charge is 2.13. The van der Waals surface area contributed by atoms with E-state index in [0.29, 0.717) is 6.42 Å². The lowest BCUT2D eigenvalue weighted by Gasteiger charge is -2.06. The van der Waals surface area contributed by atoms with E-state index in [1.54, 1.807) is 0 Å². The van der Waals surface area contributed by atoms with Crippen molar-refractivity contribution in [3.8, 4) is 0 Å². The normalized spacial score (nSPS) is 12.4. The maximum atomic E-state index is 10.9. The smallest absolute Gasteiger partial charge is 0.341 e. The first kappa shape index (κ1) is 15.7. The van der Waals surface area contributed by atoms with Crippen LogP contribution in [0.3, 0.4) is 0 Å². The minimum Gasteiger partial charge on any atom is -0.346 e. The average molecular weight is 250 g/mol. The Morgan fingerprint density at radius 1 is 1.12 bits per heavy atom. The highest BCUT2D eigenvalue weighted by Crippen LogP contribution is 2.10. The SMILES string of the molecule is CCCCCCCCCCC(N)C(=O)OCl. The molecular formula is C12H24ClNO2. The quantitative estimate of drug-likeness (QED) is 0.603. The molecule has 0 heterocycles. The third-order valence-corrected chi connectivity index (χ3v) is 2.90. The number of nitrogens with two attached hydrogens (primary N) is 1. The van der Waals surface area contributed by atoms with Gasteiger partial charge in [0, 0.05) is 0 Å². The largest absolute Gasteiger partial charge is 0.346 e. The summed E-state index contributed by atoms with van der Waals surface area (Å²) in [7, 11) is 0. The topological polar surface area (TPSA) is 52.3 Å². The summed E-state index contributed by atoms with van der Waals surface area (Å²) in [5, 5.41) is 0. The molecule has 96 valence electrons. The Labute approximate surface area is 104 Å². The third-order valence-electron chi connectivity index (χ3n) is 2.75. The lowest BCUT2D eigenvalue weighted by atomic mass is 10.1. The number of hydrogen-bond acceptors (Lipinski definition) is 3. The van der Waals surface area contributed by atoms with E-state index >= 15 is 0 Å². The lowest BCUT2D eigenvalue weighted by Crippen LogP contribution is -2.30. The molecule has 0 aliphatic carbocycles. The molecule has 0 saturated heterocycles. The number of rotatable bonds is 10. The minimum absolute atomic E-state index is 0.524. The molecule has 1 unspecified atom stereocenters. The van der Waals surface area contributed by atoms with E-state index in [9.17, 15) is 4.79 Å². The summed E-state index contributed by atoms with van der Waals surface area (Å²) in [4.78, 5) is 10.9. The molecule has 0 spiro atoms. The summed E-state index contributed by atoms with van der Waals surface area (Å²) >= 11 is 4.93. The Kier molecular flexibility index (Phi) is 11.0. The van der Waals surface area contributed by atoms with Gasteiger partial charge in [-0.3, -0.25) is 0 Å². The molecule has 0 fully saturated rings. The van der Waals surface area contributed by atoms with Crippen molar-refractivity contribution in [3.63, 3.8) is 0 Å². The second-order valence-electron chi connectivity index (χ2n) is 4.27. The summed E-state index contributed by atoms with van der Waals surface area (Å²) in [6.07, 6.45) is 10.6. The van der Waals surface area contributed by atoms with Gasteiger partial charge >= 0.3 is 5.97 Å². The van der Waals surface area contributed by atoms with Crippen molar-refractivity contribution in [1.29, 1.82) is 0 Å². The molecule has 0 bridgehead atoms. The van der Waals surface area contributed by atoms with Crippen LogP contribution in [-0.4, -0.2) is 12.0 Å². The number of carbonyl (C=O) groups is 1. The predicted molar refractivity (Wildman–Crippen MR) is 67.1 cm³/mol. The van der Waals surface area contributed by atoms with Gasteiger partial charge in [-0.05, 0) is 6.42 Å². The zero-order valence-electron chi connectivity index (χ0n) is 10.2. The maximum absolute atomic E-state index is 10.9. The van der Waals surface area contributed by atoms with Crippen LogP contribution in [0, 0.1) is 0 Å². The van der Waals surface area contributed by atoms with Crippen LogP contribution in [-0.2, 0) is 9.08 Å². The van der Waals surface area contributed by atoms with Crippen molar-refractivity contribution in [2.24, 2.45) is 5.73 Å². The molecule has 2 N–H and O–H groups in total. The monoisotopic (exact) mass is 249 g/mol. The Hall–Kier alpha value is -0.280. The Bertz CT molecular complexity index is 176. The van der Waals surface area contributed by atoms with Gasteiger partial charge in [0.2, 0.25) is 0 Å². The van der Waals surface area contributed by atoms with E-state index in [4.69, 9.17) is 17.6 Å². The van der Waals surface area contributed by atoms with Crippen molar-refractivity contribution in [1.82, 2.24) is 0 Å². The minimum atomic E-state index is -0.558. The van der Waals surface area contributed by atoms with E-state index in [2.05, 4.69) is 11.2 Å². The van der Waals surface area contributed by atoms with Crippen molar-refractivity contribution in [3.05, 3.63) is 0 Å². The van der Waals surface area contributed by atoms with Gasteiger partial charge in [-0.1, -0.05) is 58.3 Å². The molecule has 3 nitrogen and oxygen atoms in total. The van der Waals surface area contributed by atoms with E-state index < -0.39 is 12.0 Å². The lowest BCUT2D eigenvalue weighted by molar-refractivity contribution is -0.135. The van der Waals surface area contributed by atoms with Crippen LogP contribution >= 0.6 is 11.9 Å². The van der Waals surface area contributed by atoms with Crippen molar-refractivity contribution >= 4 is 17.8 Å². The van der Waals surface area contributed by atoms with E-state index in [0.717, 1.165) is 12.8 Å². The van der Waals surface area contributed by atoms with E-state index in [1.165, 1.54) is 38.5 Å². The molecule has 0 radical (unpaired) electrons. The highest BCUT2D eigenvalue weighted by atomic mass is 35.5. The molecular weight excluding hydrogens is 226 g/mol. The van der Waals surface area contributed by atoms with Crippen molar-refractivity contribution < 1.29 is 9.08 Å². The van der Waals surface area contributed by atoms with Gasteiger partial charge in [0.15, 0.2) is 0 Å². The van der Waals surface area contributed by atoms with Gasteiger partial charge in [0.25, 0.3) is 0 Å². The summed E-state index contributed by atoms with van der Waals surface area (Å²) in [6, 6.07) is -0.558. The first-order valence-corrected chi connectivity index (χ1v) is 6.61. The Balaban J connectivity index is 3.17. The Morgan fingerprint density at radius 2 is 1.62 bits per heavy atom. The van der Waals surface area contributed by atoms with E-state index in [1.807, 2.05) is 0 Å². The first-order chi connectivity index (χ1) is 7.72. The number of hydrogen-bond donors (Lipinski definition) is 1. The van der Waals surface area contributed by atoms with Gasteiger partial charge in [-0.15, -0.1) is 0 Å². The molecule has 16 heavy (non-hydrogen) atoms. The molecule has 0 rings (SSSR count). The molecule has 0 aromatic heterocycles. The Morgan fingerprint density at radius 3 is 2.12 bits per heavy atom. The van der Waals surface area contributed by atoms with Crippen LogP contribution in [0.2, 0.25) is 0 Å². The number of unbranched alkanes of at least 4 members (excludes halogenated alkanes) is 7. The van der Waals surface area contributed by atoms with Gasteiger partial charge in [-0.25, -0.2) is 4.79 Å². The first-order valence-electron chi connectivity index (χ1n) is 6.30. The second kappa shape index (κ2) is 11.2. The number of carbonyl (C=O) groups excluding carboxylic acids is 1. The fourth-order valence-corrected chi connectivity index (χ4v) is 1.79. The molecule has 4 heteroatoms. The van der Waals surface area contributed by atoms with Gasteiger partial charge in [0.1, 0.15) is 17.9 Å². The van der Waals surface area contributed by atoms with E-state index in [-0.39, 0.29) is 0 Å². The van der Waals surface area contributed by atoms with Crippen molar-refractivity contribution in [2.75, 3.05) is 0 Å². The van der Waals surface area contributed by atoms with Crippen molar-refractivity contribution in [2.45, 2.75) is 70.8 Å². The van der Waals surface area contributed by atoms with Gasteiger partial charge < -0.3 is 10.0 Å². The van der Waals surface area contributed by atoms with Crippen LogP contribution in [0.5, 0.6) is 0 Å². The number of halogens is 1. The van der Waals surface area contributed by atoms with Crippen LogP contribution in [0.25, 0.3) is 0 Å².